The zero-order valence-electron chi connectivity index (χ0n) is 5.70. The second kappa shape index (κ2) is 4.08. The van der Waals surface area contributed by atoms with Crippen LogP contribution in [0, 0.1) is 0 Å². The summed E-state index contributed by atoms with van der Waals surface area (Å²) < 4.78 is 69.5. The molecule has 0 aliphatic rings. The van der Waals surface area contributed by atoms with Gasteiger partial charge in [-0.2, -0.15) is 26.9 Å². The largest absolute Gasteiger partial charge is 0.425 e. The maximum atomic E-state index is 12.1. The molecule has 0 saturated heterocycles. The smallest absolute Gasteiger partial charge is 0.230 e. The molecule has 0 amide bonds. The average Bonchev–Trinajstić information content (AvgIpc) is 1.96. The first-order valence-electron chi connectivity index (χ1n) is 2.64. The van der Waals surface area contributed by atoms with E-state index in [0.717, 1.165) is 0 Å². The number of isocyanates is 1. The molecule has 0 N–H and O–H groups in total. The van der Waals surface area contributed by atoms with Crippen LogP contribution in [-0.4, -0.2) is 18.4 Å². The van der Waals surface area contributed by atoms with E-state index in [1.165, 1.54) is 0 Å². The number of aliphatic imine (C=N–C) groups is 1. The molecule has 74 valence electrons. The van der Waals surface area contributed by atoms with Crippen molar-refractivity contribution in [1.29, 1.82) is 0 Å². The van der Waals surface area contributed by atoms with E-state index >= 15 is 0 Å². The lowest BCUT2D eigenvalue weighted by Crippen LogP contribution is -2.26. The molecule has 8 heteroatoms. The molecule has 0 aliphatic carbocycles. The standard InChI is InChI=1S/C5HF6NO/c6-3(5(9,10)11)2(4(7)8)12-1-13/h3H. The Kier molecular flexibility index (Phi) is 3.68. The second-order valence-corrected chi connectivity index (χ2v) is 1.75. The van der Waals surface area contributed by atoms with Crippen LogP contribution in [0.25, 0.3) is 0 Å². The first-order chi connectivity index (χ1) is 5.80. The molecule has 0 saturated carbocycles. The lowest BCUT2D eigenvalue weighted by Gasteiger charge is -2.10. The minimum atomic E-state index is -5.51. The van der Waals surface area contributed by atoms with Gasteiger partial charge >= 0.3 is 6.18 Å². The third-order valence-electron chi connectivity index (χ3n) is 0.887. The number of carbonyl (C=O) groups excluding carboxylic acids is 1. The molecule has 0 aromatic carbocycles. The summed E-state index contributed by atoms with van der Waals surface area (Å²) in [5, 5.41) is 0. The van der Waals surface area contributed by atoms with Crippen LogP contribution in [0.2, 0.25) is 0 Å². The van der Waals surface area contributed by atoms with Crippen LogP contribution in [0.5, 0.6) is 0 Å². The van der Waals surface area contributed by atoms with Crippen molar-refractivity contribution >= 4 is 6.08 Å². The molecule has 0 aromatic rings. The summed E-state index contributed by atoms with van der Waals surface area (Å²) in [5.41, 5.74) is -2.26. The average molecular weight is 205 g/mol. The summed E-state index contributed by atoms with van der Waals surface area (Å²) in [6, 6.07) is 0. The predicted molar refractivity (Wildman–Crippen MR) is 28.3 cm³/mol. The van der Waals surface area contributed by atoms with Gasteiger partial charge in [-0.05, 0) is 0 Å². The van der Waals surface area contributed by atoms with E-state index in [-0.39, 0.29) is 0 Å². The van der Waals surface area contributed by atoms with Crippen LogP contribution >= 0.6 is 0 Å². The maximum Gasteiger partial charge on any atom is 0.425 e. The summed E-state index contributed by atoms with van der Waals surface area (Å²) in [7, 11) is 0. The van der Waals surface area contributed by atoms with E-state index in [0.29, 0.717) is 6.08 Å². The van der Waals surface area contributed by atoms with Gasteiger partial charge in [-0.3, -0.25) is 0 Å². The normalized spacial score (nSPS) is 13.1. The summed E-state index contributed by atoms with van der Waals surface area (Å²) in [6.45, 7) is 0. The number of hydrogen-bond donors (Lipinski definition) is 0. The molecule has 0 radical (unpaired) electrons. The zero-order valence-corrected chi connectivity index (χ0v) is 5.70. The molecule has 0 aromatic heterocycles. The number of rotatable bonds is 2. The van der Waals surface area contributed by atoms with Crippen molar-refractivity contribution in [2.45, 2.75) is 12.3 Å². The Labute approximate surface area is 67.6 Å². The SMILES string of the molecule is O=C=NC(=C(F)F)C(F)C(F)(F)F. The van der Waals surface area contributed by atoms with Gasteiger partial charge in [0.1, 0.15) is 0 Å². The fourth-order valence-electron chi connectivity index (χ4n) is 0.399. The number of nitrogens with zero attached hydrogens (tertiary/aromatic N) is 1. The van der Waals surface area contributed by atoms with Gasteiger partial charge in [0.25, 0.3) is 6.08 Å². The van der Waals surface area contributed by atoms with Crippen LogP contribution in [0.1, 0.15) is 0 Å². The molecular weight excluding hydrogens is 204 g/mol. The van der Waals surface area contributed by atoms with E-state index in [9.17, 15) is 31.1 Å². The summed E-state index contributed by atoms with van der Waals surface area (Å²) in [5.74, 6) is 0. The molecule has 0 fully saturated rings. The van der Waals surface area contributed by atoms with Gasteiger partial charge in [0, 0.05) is 0 Å². The van der Waals surface area contributed by atoms with Crippen molar-refractivity contribution < 1.29 is 31.1 Å². The molecule has 1 unspecified atom stereocenters. The predicted octanol–water partition coefficient (Wildman–Crippen LogP) is 2.33. The third kappa shape index (κ3) is 3.29. The fourth-order valence-corrected chi connectivity index (χ4v) is 0.399. The first-order valence-corrected chi connectivity index (χ1v) is 2.64. The highest BCUT2D eigenvalue weighted by atomic mass is 19.4. The Morgan fingerprint density at radius 3 is 2.00 bits per heavy atom. The van der Waals surface area contributed by atoms with Gasteiger partial charge in [0.2, 0.25) is 12.3 Å². The van der Waals surface area contributed by atoms with Gasteiger partial charge in [-0.1, -0.05) is 0 Å². The number of halogens is 6. The molecule has 0 aliphatic heterocycles. The second-order valence-electron chi connectivity index (χ2n) is 1.75. The Morgan fingerprint density at radius 2 is 1.77 bits per heavy atom. The van der Waals surface area contributed by atoms with E-state index in [4.69, 9.17) is 0 Å². The minimum absolute atomic E-state index is 0.399. The monoisotopic (exact) mass is 205 g/mol. The summed E-state index contributed by atoms with van der Waals surface area (Å²) in [4.78, 5) is 11.3. The lowest BCUT2D eigenvalue weighted by atomic mass is 10.3. The minimum Gasteiger partial charge on any atom is -0.230 e. The summed E-state index contributed by atoms with van der Waals surface area (Å²) >= 11 is 0. The zero-order chi connectivity index (χ0) is 10.6. The van der Waals surface area contributed by atoms with Gasteiger partial charge in [0.15, 0.2) is 5.70 Å². The van der Waals surface area contributed by atoms with Crippen molar-refractivity contribution in [3.05, 3.63) is 11.8 Å². The van der Waals surface area contributed by atoms with Crippen molar-refractivity contribution in [3.63, 3.8) is 0 Å². The first kappa shape index (κ1) is 11.7. The number of hydrogen-bond acceptors (Lipinski definition) is 2. The maximum absolute atomic E-state index is 12.1. The molecule has 0 bridgehead atoms. The molecule has 2 nitrogen and oxygen atoms in total. The topological polar surface area (TPSA) is 29.4 Å². The van der Waals surface area contributed by atoms with Crippen LogP contribution in [0.4, 0.5) is 26.3 Å². The molecule has 0 spiro atoms. The molecule has 0 rings (SSSR count). The van der Waals surface area contributed by atoms with Crippen LogP contribution < -0.4 is 0 Å². The van der Waals surface area contributed by atoms with E-state index < -0.39 is 24.1 Å². The summed E-state index contributed by atoms with van der Waals surface area (Å²) in [6.07, 6.45) is -12.1. The Bertz CT molecular complexity index is 259. The van der Waals surface area contributed by atoms with Crippen LogP contribution in [-0.2, 0) is 4.79 Å². The fraction of sp³-hybridized carbons (Fsp3) is 0.400. The van der Waals surface area contributed by atoms with E-state index in [1.807, 2.05) is 4.99 Å². The highest BCUT2D eigenvalue weighted by molar-refractivity contribution is 5.38. The van der Waals surface area contributed by atoms with Gasteiger partial charge in [-0.15, -0.1) is 0 Å². The number of alkyl halides is 4. The van der Waals surface area contributed by atoms with Crippen molar-refractivity contribution in [3.8, 4) is 0 Å². The lowest BCUT2D eigenvalue weighted by molar-refractivity contribution is -0.170. The van der Waals surface area contributed by atoms with E-state index in [2.05, 4.69) is 0 Å². The Hall–Kier alpha value is -1.30. The van der Waals surface area contributed by atoms with Crippen molar-refractivity contribution in [2.75, 3.05) is 0 Å². The van der Waals surface area contributed by atoms with Crippen LogP contribution in [0.15, 0.2) is 16.8 Å². The third-order valence-corrected chi connectivity index (χ3v) is 0.887. The van der Waals surface area contributed by atoms with Crippen LogP contribution in [0.3, 0.4) is 0 Å². The number of allylic oxidation sites excluding steroid dienone is 1. The van der Waals surface area contributed by atoms with E-state index in [1.54, 1.807) is 0 Å². The van der Waals surface area contributed by atoms with Crippen molar-refractivity contribution in [2.24, 2.45) is 4.99 Å². The van der Waals surface area contributed by atoms with Crippen molar-refractivity contribution in [1.82, 2.24) is 0 Å². The van der Waals surface area contributed by atoms with Gasteiger partial charge < -0.3 is 0 Å². The highest BCUT2D eigenvalue weighted by Crippen LogP contribution is 2.30. The molecule has 1 atom stereocenters. The van der Waals surface area contributed by atoms with Gasteiger partial charge in [0.05, 0.1) is 0 Å². The Balaban J connectivity index is 5.01. The Morgan fingerprint density at radius 1 is 1.31 bits per heavy atom. The van der Waals surface area contributed by atoms with Gasteiger partial charge in [-0.25, -0.2) is 9.18 Å². The quantitative estimate of drug-likeness (QED) is 0.386. The molecular formula is C5HF6NO. The highest BCUT2D eigenvalue weighted by Gasteiger charge is 2.45. The molecule has 0 heterocycles. The molecule has 13 heavy (non-hydrogen) atoms.